The molecule has 0 saturated heterocycles. The number of allylic oxidation sites excluding steroid dienone is 4. The number of aromatic nitrogens is 3. The van der Waals surface area contributed by atoms with Crippen molar-refractivity contribution in [3.63, 3.8) is 0 Å². The van der Waals surface area contributed by atoms with Crippen molar-refractivity contribution in [1.29, 1.82) is 0 Å². The van der Waals surface area contributed by atoms with Gasteiger partial charge in [0.2, 0.25) is 0 Å². The Kier molecular flexibility index (Phi) is 9.29. The fraction of sp³-hybridized carbons (Fsp3) is 0.0351. The lowest BCUT2D eigenvalue weighted by atomic mass is 9.90. The van der Waals surface area contributed by atoms with Crippen LogP contribution in [0.25, 0.3) is 94.8 Å². The van der Waals surface area contributed by atoms with Gasteiger partial charge in [0.05, 0.1) is 0 Å². The maximum atomic E-state index is 6.54. The van der Waals surface area contributed by atoms with Crippen LogP contribution < -0.4 is 0 Å². The SMILES string of the molecule is C1=CC(c2ccccc2)CC=C1c1nc(-c2ccccc2)nc(-c2cccc3oc4ccc(-c5ccc(-c6ccc(-c7ccccc7)cc6)c(-c6ccccc6)c5)cc4c23)n1. The van der Waals surface area contributed by atoms with Gasteiger partial charge >= 0.3 is 0 Å². The van der Waals surface area contributed by atoms with Crippen molar-refractivity contribution in [3.8, 4) is 67.3 Å². The number of nitrogens with zero attached hydrogens (tertiary/aromatic N) is 3. The van der Waals surface area contributed by atoms with E-state index in [9.17, 15) is 0 Å². The normalized spacial score (nSPS) is 13.7. The van der Waals surface area contributed by atoms with E-state index in [2.05, 4.69) is 176 Å². The van der Waals surface area contributed by atoms with E-state index in [0.717, 1.165) is 56.2 Å². The van der Waals surface area contributed by atoms with Crippen LogP contribution in [0.15, 0.2) is 223 Å². The van der Waals surface area contributed by atoms with Gasteiger partial charge in [0, 0.05) is 33.4 Å². The molecule has 8 aromatic carbocycles. The zero-order chi connectivity index (χ0) is 40.5. The highest BCUT2D eigenvalue weighted by atomic mass is 16.3. The first-order valence-corrected chi connectivity index (χ1v) is 20.8. The first kappa shape index (κ1) is 36.2. The smallest absolute Gasteiger partial charge is 0.164 e. The Morgan fingerprint density at radius 3 is 1.69 bits per heavy atom. The largest absolute Gasteiger partial charge is 0.456 e. The van der Waals surface area contributed by atoms with Gasteiger partial charge in [-0.25, -0.2) is 15.0 Å². The van der Waals surface area contributed by atoms with Gasteiger partial charge in [-0.05, 0) is 80.8 Å². The molecule has 0 bridgehead atoms. The van der Waals surface area contributed by atoms with Crippen molar-refractivity contribution in [2.24, 2.45) is 0 Å². The number of benzene rings is 8. The molecule has 2 heterocycles. The highest BCUT2D eigenvalue weighted by Crippen LogP contribution is 2.41. The Labute approximate surface area is 354 Å². The van der Waals surface area contributed by atoms with Gasteiger partial charge in [0.15, 0.2) is 17.5 Å². The summed E-state index contributed by atoms with van der Waals surface area (Å²) in [5, 5.41) is 1.99. The third kappa shape index (κ3) is 7.04. The van der Waals surface area contributed by atoms with Crippen molar-refractivity contribution < 1.29 is 4.42 Å². The number of rotatable bonds is 8. The summed E-state index contributed by atoms with van der Waals surface area (Å²) in [5.41, 5.74) is 15.1. The van der Waals surface area contributed by atoms with Gasteiger partial charge < -0.3 is 4.42 Å². The second kappa shape index (κ2) is 15.7. The van der Waals surface area contributed by atoms with E-state index < -0.39 is 0 Å². The Morgan fingerprint density at radius 2 is 0.967 bits per heavy atom. The third-order valence-corrected chi connectivity index (χ3v) is 11.7. The minimum absolute atomic E-state index is 0.312. The molecular weight excluding hydrogens is 743 g/mol. The summed E-state index contributed by atoms with van der Waals surface area (Å²) in [6.07, 6.45) is 7.54. The maximum absolute atomic E-state index is 6.54. The van der Waals surface area contributed by atoms with E-state index in [4.69, 9.17) is 19.4 Å². The van der Waals surface area contributed by atoms with Crippen LogP contribution in [0.5, 0.6) is 0 Å². The molecule has 0 fully saturated rings. The van der Waals surface area contributed by atoms with Gasteiger partial charge in [-0.3, -0.25) is 0 Å². The van der Waals surface area contributed by atoms with Crippen LogP contribution in [-0.4, -0.2) is 15.0 Å². The van der Waals surface area contributed by atoms with Gasteiger partial charge in [-0.15, -0.1) is 0 Å². The number of hydrogen-bond donors (Lipinski definition) is 0. The van der Waals surface area contributed by atoms with Crippen LogP contribution in [0.1, 0.15) is 23.7 Å². The Bertz CT molecular complexity index is 3240. The molecule has 4 nitrogen and oxygen atoms in total. The highest BCUT2D eigenvalue weighted by Gasteiger charge is 2.21. The van der Waals surface area contributed by atoms with Crippen molar-refractivity contribution >= 4 is 27.5 Å². The Hall–Kier alpha value is -7.95. The molecule has 0 spiro atoms. The van der Waals surface area contributed by atoms with Gasteiger partial charge in [-0.2, -0.15) is 0 Å². The third-order valence-electron chi connectivity index (χ3n) is 11.7. The van der Waals surface area contributed by atoms with E-state index >= 15 is 0 Å². The van der Waals surface area contributed by atoms with E-state index in [1.54, 1.807) is 0 Å². The summed E-state index contributed by atoms with van der Waals surface area (Å²) >= 11 is 0. The first-order chi connectivity index (χ1) is 30.2. The standard InChI is InChI=1S/C57H39N3O/c1-5-14-38(15-6-1)40-24-28-43(29-25-40)48-34-32-46(36-50(48)42-18-9-3-10-19-42)47-33-35-52-51(37-47)54-49(22-13-23-53(54)61-52)57-59-55(44-20-11-4-12-21-44)58-56(60-57)45-30-26-41(27-31-45)39-16-7-2-8-17-39/h1-26,28-37,41H,27H2. The summed E-state index contributed by atoms with van der Waals surface area (Å²) < 4.78 is 6.54. The molecule has 0 aliphatic heterocycles. The minimum Gasteiger partial charge on any atom is -0.456 e. The lowest BCUT2D eigenvalue weighted by molar-refractivity contribution is 0.669. The van der Waals surface area contributed by atoms with Gasteiger partial charge in [0.1, 0.15) is 11.2 Å². The van der Waals surface area contributed by atoms with E-state index in [-0.39, 0.29) is 0 Å². The molecule has 10 aromatic rings. The van der Waals surface area contributed by atoms with Crippen LogP contribution >= 0.6 is 0 Å². The Morgan fingerprint density at radius 1 is 0.393 bits per heavy atom. The molecule has 4 heteroatoms. The highest BCUT2D eigenvalue weighted by molar-refractivity contribution is 6.13. The second-order valence-corrected chi connectivity index (χ2v) is 15.5. The van der Waals surface area contributed by atoms with Crippen LogP contribution in [0.2, 0.25) is 0 Å². The predicted molar refractivity (Wildman–Crippen MR) is 251 cm³/mol. The van der Waals surface area contributed by atoms with Crippen molar-refractivity contribution in [2.45, 2.75) is 12.3 Å². The van der Waals surface area contributed by atoms with Gasteiger partial charge in [0.25, 0.3) is 0 Å². The molecule has 11 rings (SSSR count). The lowest BCUT2D eigenvalue weighted by Crippen LogP contribution is -2.05. The molecule has 1 atom stereocenters. The number of fused-ring (bicyclic) bond motifs is 3. The summed E-state index contributed by atoms with van der Waals surface area (Å²) in [5.74, 6) is 2.21. The fourth-order valence-corrected chi connectivity index (χ4v) is 8.57. The lowest BCUT2D eigenvalue weighted by Gasteiger charge is -2.17. The summed E-state index contributed by atoms with van der Waals surface area (Å²) in [4.78, 5) is 15.4. The summed E-state index contributed by atoms with van der Waals surface area (Å²) in [7, 11) is 0. The van der Waals surface area contributed by atoms with Crippen LogP contribution in [0, 0.1) is 0 Å². The molecule has 0 N–H and O–H groups in total. The van der Waals surface area contributed by atoms with Crippen molar-refractivity contribution in [3.05, 3.63) is 230 Å². The predicted octanol–water partition coefficient (Wildman–Crippen LogP) is 14.9. The zero-order valence-electron chi connectivity index (χ0n) is 33.3. The summed E-state index contributed by atoms with van der Waals surface area (Å²) in [6, 6.07) is 70.3. The molecule has 61 heavy (non-hydrogen) atoms. The minimum atomic E-state index is 0.312. The van der Waals surface area contributed by atoms with E-state index in [1.807, 2.05) is 42.5 Å². The van der Waals surface area contributed by atoms with E-state index in [0.29, 0.717) is 23.4 Å². The van der Waals surface area contributed by atoms with Crippen molar-refractivity contribution in [1.82, 2.24) is 15.0 Å². The summed E-state index contributed by atoms with van der Waals surface area (Å²) in [6.45, 7) is 0. The molecule has 1 unspecified atom stereocenters. The van der Waals surface area contributed by atoms with E-state index in [1.165, 1.54) is 38.9 Å². The topological polar surface area (TPSA) is 51.8 Å². The van der Waals surface area contributed by atoms with Crippen LogP contribution in [0.3, 0.4) is 0 Å². The first-order valence-electron chi connectivity index (χ1n) is 20.8. The zero-order valence-corrected chi connectivity index (χ0v) is 33.3. The molecule has 0 amide bonds. The molecule has 1 aliphatic rings. The monoisotopic (exact) mass is 781 g/mol. The van der Waals surface area contributed by atoms with Crippen LogP contribution in [0.4, 0.5) is 0 Å². The maximum Gasteiger partial charge on any atom is 0.164 e. The molecular formula is C57H39N3O. The number of hydrogen-bond acceptors (Lipinski definition) is 4. The molecule has 0 radical (unpaired) electrons. The van der Waals surface area contributed by atoms with Crippen LogP contribution in [-0.2, 0) is 0 Å². The molecule has 2 aromatic heterocycles. The average molecular weight is 782 g/mol. The molecule has 1 aliphatic carbocycles. The fourth-order valence-electron chi connectivity index (χ4n) is 8.57. The molecule has 0 saturated carbocycles. The van der Waals surface area contributed by atoms with Crippen molar-refractivity contribution in [2.75, 3.05) is 0 Å². The van der Waals surface area contributed by atoms with Gasteiger partial charge in [-0.1, -0.05) is 194 Å². The number of furan rings is 1. The Balaban J connectivity index is 1.01. The second-order valence-electron chi connectivity index (χ2n) is 15.5. The quantitative estimate of drug-likeness (QED) is 0.154. The molecule has 288 valence electrons. The average Bonchev–Trinajstić information content (AvgIpc) is 3.73.